The van der Waals surface area contributed by atoms with Crippen molar-refractivity contribution in [2.45, 2.75) is 26.3 Å². The summed E-state index contributed by atoms with van der Waals surface area (Å²) in [7, 11) is 0. The second-order valence-corrected chi connectivity index (χ2v) is 6.77. The highest BCUT2D eigenvalue weighted by Crippen LogP contribution is 2.19. The molecule has 0 spiro atoms. The van der Waals surface area contributed by atoms with Gasteiger partial charge >= 0.3 is 12.0 Å². The number of benzene rings is 2. The molecule has 2 rings (SSSR count). The minimum Gasteiger partial charge on any atom is -0.452 e. The summed E-state index contributed by atoms with van der Waals surface area (Å²) in [6.07, 6.45) is 0. The molecule has 2 aromatic carbocycles. The third-order valence-corrected chi connectivity index (χ3v) is 3.30. The van der Waals surface area contributed by atoms with E-state index in [1.807, 2.05) is 42.5 Å². The van der Waals surface area contributed by atoms with Gasteiger partial charge in [0, 0.05) is 5.54 Å². The smallest absolute Gasteiger partial charge is 0.338 e. The van der Waals surface area contributed by atoms with Gasteiger partial charge in [-0.2, -0.15) is 0 Å². The van der Waals surface area contributed by atoms with Crippen molar-refractivity contribution in [2.24, 2.45) is 0 Å². The molecule has 2 aromatic rings. The van der Waals surface area contributed by atoms with Crippen molar-refractivity contribution in [3.8, 4) is 11.1 Å². The van der Waals surface area contributed by atoms with E-state index in [1.165, 1.54) is 0 Å². The van der Waals surface area contributed by atoms with Crippen LogP contribution in [0.5, 0.6) is 0 Å². The molecule has 0 aromatic heterocycles. The summed E-state index contributed by atoms with van der Waals surface area (Å²) < 4.78 is 4.94. The highest BCUT2D eigenvalue weighted by atomic mass is 16.5. The van der Waals surface area contributed by atoms with Crippen LogP contribution >= 0.6 is 0 Å². The van der Waals surface area contributed by atoms with E-state index >= 15 is 0 Å². The van der Waals surface area contributed by atoms with E-state index in [2.05, 4.69) is 10.6 Å². The zero-order valence-electron chi connectivity index (χ0n) is 15.0. The van der Waals surface area contributed by atoms with Crippen molar-refractivity contribution >= 4 is 17.9 Å². The molecule has 6 nitrogen and oxygen atoms in total. The Bertz CT molecular complexity index is 778. The Labute approximate surface area is 152 Å². The molecule has 0 aliphatic heterocycles. The lowest BCUT2D eigenvalue weighted by Gasteiger charge is -2.20. The Balaban J connectivity index is 1.86. The first-order valence-corrected chi connectivity index (χ1v) is 8.19. The van der Waals surface area contributed by atoms with Crippen LogP contribution in [0, 0.1) is 0 Å². The Hall–Kier alpha value is -3.15. The maximum absolute atomic E-state index is 12.0. The van der Waals surface area contributed by atoms with Gasteiger partial charge in [0.15, 0.2) is 6.61 Å². The molecule has 0 heterocycles. The fraction of sp³-hybridized carbons (Fsp3) is 0.250. The zero-order chi connectivity index (χ0) is 19.2. The van der Waals surface area contributed by atoms with Gasteiger partial charge in [-0.1, -0.05) is 42.5 Å². The van der Waals surface area contributed by atoms with Gasteiger partial charge in [-0.15, -0.1) is 0 Å². The average molecular weight is 354 g/mol. The molecule has 0 saturated carbocycles. The Morgan fingerprint density at radius 1 is 0.885 bits per heavy atom. The van der Waals surface area contributed by atoms with Crippen LogP contribution in [-0.2, 0) is 9.53 Å². The fourth-order valence-electron chi connectivity index (χ4n) is 2.18. The van der Waals surface area contributed by atoms with Crippen LogP contribution in [0.15, 0.2) is 54.6 Å². The number of amides is 3. The largest absolute Gasteiger partial charge is 0.452 e. The number of nitrogens with one attached hydrogen (secondary N) is 2. The number of hydrogen-bond acceptors (Lipinski definition) is 4. The van der Waals surface area contributed by atoms with E-state index in [1.54, 1.807) is 32.9 Å². The van der Waals surface area contributed by atoms with Gasteiger partial charge in [0.2, 0.25) is 0 Å². The topological polar surface area (TPSA) is 84.5 Å². The zero-order valence-corrected chi connectivity index (χ0v) is 15.0. The lowest BCUT2D eigenvalue weighted by atomic mass is 10.0. The Morgan fingerprint density at radius 3 is 2.04 bits per heavy atom. The number of hydrogen-bond donors (Lipinski definition) is 2. The van der Waals surface area contributed by atoms with Crippen molar-refractivity contribution in [1.29, 1.82) is 0 Å². The highest BCUT2D eigenvalue weighted by Gasteiger charge is 2.17. The van der Waals surface area contributed by atoms with E-state index in [0.717, 1.165) is 11.1 Å². The molecule has 26 heavy (non-hydrogen) atoms. The van der Waals surface area contributed by atoms with Crippen molar-refractivity contribution in [3.63, 3.8) is 0 Å². The van der Waals surface area contributed by atoms with Gasteiger partial charge in [0.05, 0.1) is 5.56 Å². The molecule has 0 radical (unpaired) electrons. The first-order valence-electron chi connectivity index (χ1n) is 8.19. The van der Waals surface area contributed by atoms with Crippen LogP contribution in [0.1, 0.15) is 31.1 Å². The second-order valence-electron chi connectivity index (χ2n) is 6.77. The van der Waals surface area contributed by atoms with Crippen LogP contribution in [0.4, 0.5) is 4.79 Å². The molecule has 0 aliphatic carbocycles. The molecule has 0 bridgehead atoms. The number of carbonyl (C=O) groups is 3. The lowest BCUT2D eigenvalue weighted by Crippen LogP contribution is -2.49. The summed E-state index contributed by atoms with van der Waals surface area (Å²) in [5.74, 6) is -1.32. The summed E-state index contributed by atoms with van der Waals surface area (Å²) >= 11 is 0. The van der Waals surface area contributed by atoms with Crippen molar-refractivity contribution < 1.29 is 19.1 Å². The third kappa shape index (κ3) is 6.05. The molecule has 0 saturated heterocycles. The molecule has 136 valence electrons. The summed E-state index contributed by atoms with van der Waals surface area (Å²) in [5, 5.41) is 4.69. The quantitative estimate of drug-likeness (QED) is 0.826. The van der Waals surface area contributed by atoms with E-state index < -0.39 is 30.1 Å². The normalized spacial score (nSPS) is 10.7. The second kappa shape index (κ2) is 8.29. The molecule has 0 aliphatic rings. The van der Waals surface area contributed by atoms with Gasteiger partial charge in [-0.05, 0) is 44.0 Å². The van der Waals surface area contributed by atoms with E-state index in [4.69, 9.17) is 4.74 Å². The molecular weight excluding hydrogens is 332 g/mol. The summed E-state index contributed by atoms with van der Waals surface area (Å²) in [4.78, 5) is 35.2. The molecular formula is C20H22N2O4. The first kappa shape index (κ1) is 19.2. The minimum atomic E-state index is -0.694. The summed E-state index contributed by atoms with van der Waals surface area (Å²) in [6.45, 7) is 4.83. The Kier molecular flexibility index (Phi) is 6.11. The fourth-order valence-corrected chi connectivity index (χ4v) is 2.18. The number of imide groups is 1. The Morgan fingerprint density at radius 2 is 1.46 bits per heavy atom. The third-order valence-electron chi connectivity index (χ3n) is 3.30. The minimum absolute atomic E-state index is 0.330. The van der Waals surface area contributed by atoms with Crippen molar-refractivity contribution in [3.05, 3.63) is 60.2 Å². The first-order chi connectivity index (χ1) is 12.2. The number of rotatable bonds is 4. The van der Waals surface area contributed by atoms with Gasteiger partial charge in [0.1, 0.15) is 0 Å². The lowest BCUT2D eigenvalue weighted by molar-refractivity contribution is -0.123. The van der Waals surface area contributed by atoms with Crippen LogP contribution in [0.3, 0.4) is 0 Å². The monoisotopic (exact) mass is 354 g/mol. The van der Waals surface area contributed by atoms with Crippen LogP contribution in [-0.4, -0.2) is 30.1 Å². The molecule has 3 amide bonds. The number of esters is 1. The van der Waals surface area contributed by atoms with Gasteiger partial charge < -0.3 is 10.1 Å². The van der Waals surface area contributed by atoms with Crippen molar-refractivity contribution in [2.75, 3.05) is 6.61 Å². The maximum Gasteiger partial charge on any atom is 0.338 e. The van der Waals surface area contributed by atoms with Crippen LogP contribution in [0.2, 0.25) is 0 Å². The molecule has 6 heteroatoms. The highest BCUT2D eigenvalue weighted by molar-refractivity contribution is 5.97. The number of ether oxygens (including phenoxy) is 1. The summed E-state index contributed by atoms with van der Waals surface area (Å²) in [5.41, 5.74) is 1.87. The SMILES string of the molecule is CC(C)(C)NC(=O)NC(=O)COC(=O)c1ccc(-c2ccccc2)cc1. The number of urea groups is 1. The predicted molar refractivity (Wildman–Crippen MR) is 98.6 cm³/mol. The van der Waals surface area contributed by atoms with E-state index in [9.17, 15) is 14.4 Å². The van der Waals surface area contributed by atoms with Gasteiger partial charge in [-0.25, -0.2) is 9.59 Å². The molecule has 0 fully saturated rings. The summed E-state index contributed by atoms with van der Waals surface area (Å²) in [6, 6.07) is 16.0. The van der Waals surface area contributed by atoms with Gasteiger partial charge in [-0.3, -0.25) is 10.1 Å². The maximum atomic E-state index is 12.0. The van der Waals surface area contributed by atoms with Crippen LogP contribution in [0.25, 0.3) is 11.1 Å². The molecule has 0 unspecified atom stereocenters. The number of carbonyl (C=O) groups excluding carboxylic acids is 3. The van der Waals surface area contributed by atoms with Crippen LogP contribution < -0.4 is 10.6 Å². The van der Waals surface area contributed by atoms with Crippen molar-refractivity contribution in [1.82, 2.24) is 10.6 Å². The van der Waals surface area contributed by atoms with E-state index in [-0.39, 0.29) is 0 Å². The predicted octanol–water partition coefficient (Wildman–Crippen LogP) is 3.13. The molecule has 2 N–H and O–H groups in total. The molecule has 0 atom stereocenters. The van der Waals surface area contributed by atoms with Gasteiger partial charge in [0.25, 0.3) is 5.91 Å². The standard InChI is InChI=1S/C20H22N2O4/c1-20(2,3)22-19(25)21-17(23)13-26-18(24)16-11-9-15(10-12-16)14-7-5-4-6-8-14/h4-12H,13H2,1-3H3,(H2,21,22,23,25). The van der Waals surface area contributed by atoms with E-state index in [0.29, 0.717) is 5.56 Å². The average Bonchev–Trinajstić information content (AvgIpc) is 2.59.